The van der Waals surface area contributed by atoms with Gasteiger partial charge in [0.25, 0.3) is 0 Å². The van der Waals surface area contributed by atoms with Gasteiger partial charge >= 0.3 is 0 Å². The normalized spacial score (nSPS) is 26.5. The third kappa shape index (κ3) is 18.6. The largest absolute Gasteiger partial charge is 0.495 e. The summed E-state index contributed by atoms with van der Waals surface area (Å²) in [4.78, 5) is 188. The molecule has 2 aliphatic carbocycles. The molecule has 3 aliphatic heterocycles. The van der Waals surface area contributed by atoms with Gasteiger partial charge < -0.3 is 64.8 Å². The van der Waals surface area contributed by atoms with Crippen LogP contribution in [0.25, 0.3) is 0 Å². The Morgan fingerprint density at radius 2 is 1.27 bits per heavy atom. The maximum atomic E-state index is 15.4. The molecule has 94 heavy (non-hydrogen) atoms. The number of aryl methyl sites for hydroxylation is 1. The molecule has 2 saturated carbocycles. The summed E-state index contributed by atoms with van der Waals surface area (Å²) in [5.74, 6) is -8.01. The Balaban J connectivity index is 1.39. The van der Waals surface area contributed by atoms with Crippen molar-refractivity contribution in [1.29, 1.82) is 0 Å². The summed E-state index contributed by atoms with van der Waals surface area (Å²) in [7, 11) is 11.4. The minimum atomic E-state index is -1.52. The lowest BCUT2D eigenvalue weighted by molar-refractivity contribution is -0.156. The summed E-state index contributed by atoms with van der Waals surface area (Å²) in [5, 5.41) is 9.13. The zero-order valence-corrected chi connectivity index (χ0v) is 59.2. The van der Waals surface area contributed by atoms with Gasteiger partial charge in [-0.15, -0.1) is 0 Å². The number of hydrogen-bond acceptors (Lipinski definition) is 13. The van der Waals surface area contributed by atoms with E-state index in [-0.39, 0.29) is 66.8 Å². The fourth-order valence-corrected chi connectivity index (χ4v) is 14.4. The molecular weight excluding hydrogens is 1250 g/mol. The number of ether oxygens (including phenoxy) is 1. The van der Waals surface area contributed by atoms with Gasteiger partial charge in [-0.2, -0.15) is 0 Å². The van der Waals surface area contributed by atoms with E-state index < -0.39 is 157 Å². The lowest BCUT2D eigenvalue weighted by atomic mass is 9.84. The number of likely N-dealkylation sites (N-methyl/N-ethyl adjacent to an activating group) is 7. The molecule has 5 fully saturated rings. The quantitative estimate of drug-likeness (QED) is 0.298. The number of carbonyl (C=O) groups is 12. The van der Waals surface area contributed by atoms with Gasteiger partial charge in [-0.25, -0.2) is 0 Å². The van der Waals surface area contributed by atoms with Crippen LogP contribution in [0.5, 0.6) is 5.75 Å². The molecule has 3 heterocycles. The zero-order valence-electron chi connectivity index (χ0n) is 57.7. The van der Waals surface area contributed by atoms with Crippen molar-refractivity contribution in [2.45, 2.75) is 204 Å². The van der Waals surface area contributed by atoms with Gasteiger partial charge in [0.2, 0.25) is 70.9 Å². The molecule has 0 unspecified atom stereocenters. The SMILES string of the molecule is CC[C@H](C)[C@@H]1NC(=O)[C@H](C)N(C)C(=O)C[C@@H](C(=O)N2CCCCC2)N(C)C(=O)[C@H](C(C)C)N(C)C(=O)C2(CCCC2)NC(=O)[C@@H]2CCCN2C(=O)[C@H](CCc2cc(Cl)c(Cl)c(OC)c2)NC(=O)CN(C)C(=O)[C@H](CC2CCCCC2)N(C)C(=O)CN(C)C(=O)CN(C)C1=O. The van der Waals surface area contributed by atoms with E-state index >= 15 is 14.4 Å². The van der Waals surface area contributed by atoms with Crippen molar-refractivity contribution >= 4 is 94.1 Å². The van der Waals surface area contributed by atoms with Gasteiger partial charge in [-0.1, -0.05) is 102 Å². The molecule has 12 amide bonds. The molecule has 0 aromatic heterocycles. The molecule has 1 spiro atoms. The number of carbonyl (C=O) groups excluding carboxylic acids is 12. The first-order chi connectivity index (χ1) is 44.4. The maximum Gasteiger partial charge on any atom is 0.248 e. The Labute approximate surface area is 565 Å². The second-order valence-electron chi connectivity index (χ2n) is 27.3. The van der Waals surface area contributed by atoms with Gasteiger partial charge in [-0.3, -0.25) is 57.5 Å². The Morgan fingerprint density at radius 1 is 0.649 bits per heavy atom. The summed E-state index contributed by atoms with van der Waals surface area (Å²) in [6.45, 7) is 7.95. The van der Waals surface area contributed by atoms with Crippen molar-refractivity contribution < 1.29 is 62.3 Å². The molecule has 8 atom stereocenters. The van der Waals surface area contributed by atoms with Crippen LogP contribution < -0.4 is 20.7 Å². The van der Waals surface area contributed by atoms with Crippen molar-refractivity contribution in [3.63, 3.8) is 0 Å². The van der Waals surface area contributed by atoms with Crippen molar-refractivity contribution in [3.8, 4) is 5.75 Å². The Morgan fingerprint density at radius 3 is 1.88 bits per heavy atom. The fraction of sp³-hybridized carbons (Fsp3) is 0.731. The summed E-state index contributed by atoms with van der Waals surface area (Å²) < 4.78 is 5.47. The first kappa shape index (κ1) is 76.3. The predicted octanol–water partition coefficient (Wildman–Crippen LogP) is 4.12. The molecule has 3 N–H and O–H groups in total. The predicted molar refractivity (Wildman–Crippen MR) is 355 cm³/mol. The van der Waals surface area contributed by atoms with Crippen LogP contribution in [0.3, 0.4) is 0 Å². The summed E-state index contributed by atoms with van der Waals surface area (Å²) in [6.07, 6.45) is 9.27. The minimum Gasteiger partial charge on any atom is -0.495 e. The first-order valence-corrected chi connectivity index (χ1v) is 34.5. The van der Waals surface area contributed by atoms with Gasteiger partial charge in [0.05, 0.1) is 38.2 Å². The third-order valence-corrected chi connectivity index (χ3v) is 21.1. The number of fused-ring (bicyclic) bond motifs is 1. The van der Waals surface area contributed by atoms with Crippen molar-refractivity contribution in [3.05, 3.63) is 27.7 Å². The number of methoxy groups -OCH3 is 1. The highest BCUT2D eigenvalue weighted by atomic mass is 35.5. The van der Waals surface area contributed by atoms with Crippen LogP contribution in [0.4, 0.5) is 0 Å². The highest BCUT2D eigenvalue weighted by molar-refractivity contribution is 6.43. The highest BCUT2D eigenvalue weighted by Gasteiger charge is 2.50. The number of amides is 12. The zero-order chi connectivity index (χ0) is 69.6. The van der Waals surface area contributed by atoms with Crippen LogP contribution in [0.15, 0.2) is 12.1 Å². The molecule has 1 aromatic carbocycles. The van der Waals surface area contributed by atoms with Crippen LogP contribution >= 0.6 is 23.2 Å². The van der Waals surface area contributed by atoms with Crippen molar-refractivity contribution in [2.24, 2.45) is 17.8 Å². The van der Waals surface area contributed by atoms with E-state index in [1.165, 1.54) is 87.9 Å². The molecule has 0 bridgehead atoms. The number of rotatable bonds is 10. The highest BCUT2D eigenvalue weighted by Crippen LogP contribution is 2.36. The van der Waals surface area contributed by atoms with Gasteiger partial charge in [-0.05, 0) is 107 Å². The molecule has 0 radical (unpaired) electrons. The van der Waals surface area contributed by atoms with E-state index in [4.69, 9.17) is 27.9 Å². The van der Waals surface area contributed by atoms with E-state index in [0.29, 0.717) is 57.2 Å². The first-order valence-electron chi connectivity index (χ1n) is 33.7. The van der Waals surface area contributed by atoms with Crippen molar-refractivity contribution in [1.82, 2.24) is 60.0 Å². The topological polar surface area (TPSA) is 279 Å². The number of benzene rings is 1. The molecule has 5 aliphatic rings. The smallest absolute Gasteiger partial charge is 0.248 e. The number of piperidine rings is 1. The Kier molecular flexibility index (Phi) is 27.8. The number of likely N-dealkylation sites (tertiary alicyclic amines) is 1. The van der Waals surface area contributed by atoms with E-state index in [0.717, 1.165) is 53.2 Å². The average molecular weight is 1360 g/mol. The molecule has 3 saturated heterocycles. The second-order valence-corrected chi connectivity index (χ2v) is 28.1. The van der Waals surface area contributed by atoms with Crippen LogP contribution in [0, 0.1) is 17.8 Å². The fourth-order valence-electron chi connectivity index (χ4n) is 13.9. The number of halogens is 2. The molecule has 1 aromatic rings. The summed E-state index contributed by atoms with van der Waals surface area (Å²) >= 11 is 12.9. The summed E-state index contributed by atoms with van der Waals surface area (Å²) in [5.41, 5.74) is -0.899. The lowest BCUT2D eigenvalue weighted by Crippen LogP contribution is -2.65. The molecule has 27 heteroatoms. The number of hydrogen-bond donors (Lipinski definition) is 3. The van der Waals surface area contributed by atoms with E-state index in [1.54, 1.807) is 37.8 Å². The maximum absolute atomic E-state index is 15.4. The van der Waals surface area contributed by atoms with Gasteiger partial charge in [0, 0.05) is 69.0 Å². The molecule has 25 nitrogen and oxygen atoms in total. The van der Waals surface area contributed by atoms with E-state index in [1.807, 2.05) is 6.92 Å². The molecule has 6 rings (SSSR count). The Bertz CT molecular complexity index is 2940. The molecule has 524 valence electrons. The van der Waals surface area contributed by atoms with E-state index in [2.05, 4.69) is 16.0 Å². The third-order valence-electron chi connectivity index (χ3n) is 20.3. The number of nitrogens with zero attached hydrogens (tertiary/aromatic N) is 9. The Hall–Kier alpha value is -6.76. The lowest BCUT2D eigenvalue weighted by Gasteiger charge is -2.41. The van der Waals surface area contributed by atoms with Crippen LogP contribution in [-0.2, 0) is 64.0 Å². The molecular formula is C67H104Cl2N12O13. The van der Waals surface area contributed by atoms with Crippen LogP contribution in [0.1, 0.15) is 156 Å². The second kappa shape index (κ2) is 34.3. The van der Waals surface area contributed by atoms with E-state index in [9.17, 15) is 43.2 Å². The number of nitrogens with one attached hydrogen (secondary N) is 3. The standard InChI is InChI=1S/C67H104Cl2N12O13/c1-14-42(4)57-64(91)75(8)39-54(84)73(6)40-55(85)77(10)49(35-44-24-17-15-18-25-44)62(89)74(7)38-52(82)70-47(28-27-45-34-46(68)56(69)51(36-45)94-13)61(88)81-33-23-26-48(81)60(87)72-67(29-19-20-30-67)66(93)79(12)58(41(2)3)65(92)78(11)50(63(90)80-31-21-16-22-32-80)37-53(83)76(9)43(5)59(86)71-57/h34,36,41-44,47-50,57-58H,14-33,35,37-40H2,1-13H3,(H,70,82)(H,71,86)(H,72,87)/t42-,43-,47-,48-,49-,50-,57-,58-/m0/s1. The van der Waals surface area contributed by atoms with Crippen molar-refractivity contribution in [2.75, 3.05) is 95.7 Å². The van der Waals surface area contributed by atoms with Gasteiger partial charge in [0.15, 0.2) is 0 Å². The van der Waals surface area contributed by atoms with Crippen LogP contribution in [0.2, 0.25) is 10.0 Å². The monoisotopic (exact) mass is 1350 g/mol. The average Bonchev–Trinajstić information content (AvgIpc) is 1.42. The minimum absolute atomic E-state index is 0.0122. The van der Waals surface area contributed by atoms with Crippen LogP contribution in [-0.4, -0.2) is 259 Å². The van der Waals surface area contributed by atoms with Gasteiger partial charge in [0.1, 0.15) is 58.6 Å². The summed E-state index contributed by atoms with van der Waals surface area (Å²) in [6, 6.07) is -5.11.